The van der Waals surface area contributed by atoms with Gasteiger partial charge in [-0.05, 0) is 53.6 Å². The first-order chi connectivity index (χ1) is 8.65. The topological polar surface area (TPSA) is 26.3 Å². The second kappa shape index (κ2) is 6.03. The van der Waals surface area contributed by atoms with Crippen LogP contribution in [-0.2, 0) is 6.61 Å². The molecule has 0 atom stereocenters. The maximum atomic E-state index is 10.9. The first kappa shape index (κ1) is 13.1. The Kier molecular flexibility index (Phi) is 4.39. The lowest BCUT2D eigenvalue weighted by Gasteiger charge is -2.06. The Bertz CT molecular complexity index is 552. The normalized spacial score (nSPS) is 10.1. The van der Waals surface area contributed by atoms with Crippen molar-refractivity contribution in [2.24, 2.45) is 0 Å². The van der Waals surface area contributed by atoms with Crippen LogP contribution in [0.25, 0.3) is 0 Å². The Morgan fingerprint density at radius 1 is 1.17 bits per heavy atom. The Morgan fingerprint density at radius 2 is 1.89 bits per heavy atom. The molecule has 0 spiro atoms. The van der Waals surface area contributed by atoms with Crippen molar-refractivity contribution in [2.45, 2.75) is 6.61 Å². The number of ether oxygens (including phenoxy) is 1. The standard InChI is InChI=1S/C14H10BrClO2/c15-12-3-1-2-10(8-12)9-18-13-6-4-11(5-7-13)14(16)17/h1-8H,9H2. The van der Waals surface area contributed by atoms with Crippen molar-refractivity contribution in [3.63, 3.8) is 0 Å². The molecule has 0 bridgehead atoms. The summed E-state index contributed by atoms with van der Waals surface area (Å²) in [5.74, 6) is 0.705. The molecule has 0 amide bonds. The quantitative estimate of drug-likeness (QED) is 0.778. The fourth-order valence-electron chi connectivity index (χ4n) is 1.48. The smallest absolute Gasteiger partial charge is 0.252 e. The van der Waals surface area contributed by atoms with E-state index in [1.54, 1.807) is 24.3 Å². The minimum absolute atomic E-state index is 0.464. The molecule has 0 aromatic heterocycles. The number of benzene rings is 2. The third-order valence-electron chi connectivity index (χ3n) is 2.38. The first-order valence-corrected chi connectivity index (χ1v) is 6.49. The van der Waals surface area contributed by atoms with Crippen LogP contribution in [0.15, 0.2) is 53.0 Å². The summed E-state index contributed by atoms with van der Waals surface area (Å²) in [6.07, 6.45) is 0. The van der Waals surface area contributed by atoms with Gasteiger partial charge in [0, 0.05) is 10.0 Å². The van der Waals surface area contributed by atoms with E-state index in [0.29, 0.717) is 17.9 Å². The summed E-state index contributed by atoms with van der Waals surface area (Å²) in [6, 6.07) is 14.7. The van der Waals surface area contributed by atoms with E-state index in [2.05, 4.69) is 15.9 Å². The monoisotopic (exact) mass is 324 g/mol. The van der Waals surface area contributed by atoms with Gasteiger partial charge in [-0.15, -0.1) is 0 Å². The molecule has 0 aliphatic carbocycles. The van der Waals surface area contributed by atoms with Gasteiger partial charge in [0.15, 0.2) is 0 Å². The van der Waals surface area contributed by atoms with Gasteiger partial charge in [-0.2, -0.15) is 0 Å². The highest BCUT2D eigenvalue weighted by molar-refractivity contribution is 9.10. The summed E-state index contributed by atoms with van der Waals surface area (Å²) in [5, 5.41) is -0.464. The highest BCUT2D eigenvalue weighted by Gasteiger charge is 2.02. The van der Waals surface area contributed by atoms with Crippen LogP contribution in [0.3, 0.4) is 0 Å². The van der Waals surface area contributed by atoms with Gasteiger partial charge in [0.05, 0.1) is 0 Å². The summed E-state index contributed by atoms with van der Waals surface area (Å²) in [6.45, 7) is 0.480. The van der Waals surface area contributed by atoms with Crippen LogP contribution in [0.1, 0.15) is 15.9 Å². The molecule has 92 valence electrons. The SMILES string of the molecule is O=C(Cl)c1ccc(OCc2cccc(Br)c2)cc1. The largest absolute Gasteiger partial charge is 0.489 e. The predicted octanol–water partition coefficient (Wildman–Crippen LogP) is 4.41. The van der Waals surface area contributed by atoms with Gasteiger partial charge in [0.2, 0.25) is 0 Å². The van der Waals surface area contributed by atoms with Crippen molar-refractivity contribution < 1.29 is 9.53 Å². The van der Waals surface area contributed by atoms with Crippen molar-refractivity contribution in [2.75, 3.05) is 0 Å². The molecule has 4 heteroatoms. The Balaban J connectivity index is 2.00. The minimum Gasteiger partial charge on any atom is -0.489 e. The van der Waals surface area contributed by atoms with Crippen LogP contribution in [0, 0.1) is 0 Å². The minimum atomic E-state index is -0.464. The van der Waals surface area contributed by atoms with E-state index >= 15 is 0 Å². The van der Waals surface area contributed by atoms with E-state index in [9.17, 15) is 4.79 Å². The third-order valence-corrected chi connectivity index (χ3v) is 3.09. The predicted molar refractivity (Wildman–Crippen MR) is 75.1 cm³/mol. The second-order valence-corrected chi connectivity index (χ2v) is 4.98. The van der Waals surface area contributed by atoms with E-state index in [0.717, 1.165) is 10.0 Å². The number of rotatable bonds is 4. The molecule has 0 aliphatic rings. The zero-order valence-corrected chi connectivity index (χ0v) is 11.7. The van der Waals surface area contributed by atoms with Crippen molar-refractivity contribution in [3.8, 4) is 5.75 Å². The molecular formula is C14H10BrClO2. The molecule has 0 unspecified atom stereocenters. The molecular weight excluding hydrogens is 316 g/mol. The number of hydrogen-bond acceptors (Lipinski definition) is 2. The van der Waals surface area contributed by atoms with Crippen molar-refractivity contribution >= 4 is 32.8 Å². The summed E-state index contributed by atoms with van der Waals surface area (Å²) < 4.78 is 6.63. The van der Waals surface area contributed by atoms with Gasteiger partial charge in [0.1, 0.15) is 12.4 Å². The van der Waals surface area contributed by atoms with Gasteiger partial charge in [-0.25, -0.2) is 0 Å². The fourth-order valence-corrected chi connectivity index (χ4v) is 2.05. The van der Waals surface area contributed by atoms with Crippen molar-refractivity contribution in [1.29, 1.82) is 0 Å². The Morgan fingerprint density at radius 3 is 2.50 bits per heavy atom. The molecule has 2 aromatic rings. The summed E-state index contributed by atoms with van der Waals surface area (Å²) >= 11 is 8.77. The average Bonchev–Trinajstić information content (AvgIpc) is 2.37. The molecule has 0 saturated heterocycles. The molecule has 2 aromatic carbocycles. The van der Waals surface area contributed by atoms with E-state index in [1.165, 1.54) is 0 Å². The molecule has 0 N–H and O–H groups in total. The zero-order valence-electron chi connectivity index (χ0n) is 9.40. The lowest BCUT2D eigenvalue weighted by molar-refractivity contribution is 0.108. The molecule has 2 nitrogen and oxygen atoms in total. The molecule has 2 rings (SSSR count). The lowest BCUT2D eigenvalue weighted by Crippen LogP contribution is -1.96. The highest BCUT2D eigenvalue weighted by Crippen LogP contribution is 2.17. The van der Waals surface area contributed by atoms with Crippen LogP contribution in [0.2, 0.25) is 0 Å². The van der Waals surface area contributed by atoms with Crippen LogP contribution < -0.4 is 4.74 Å². The van der Waals surface area contributed by atoms with Crippen LogP contribution >= 0.6 is 27.5 Å². The number of carbonyl (C=O) groups is 1. The van der Waals surface area contributed by atoms with E-state index in [4.69, 9.17) is 16.3 Å². The Hall–Kier alpha value is -1.32. The van der Waals surface area contributed by atoms with E-state index in [-0.39, 0.29) is 0 Å². The maximum Gasteiger partial charge on any atom is 0.252 e. The van der Waals surface area contributed by atoms with Gasteiger partial charge >= 0.3 is 0 Å². The summed E-state index contributed by atoms with van der Waals surface area (Å²) in [7, 11) is 0. The number of hydrogen-bond donors (Lipinski definition) is 0. The lowest BCUT2D eigenvalue weighted by atomic mass is 10.2. The van der Waals surface area contributed by atoms with Crippen molar-refractivity contribution in [3.05, 3.63) is 64.1 Å². The Labute approximate surface area is 119 Å². The zero-order chi connectivity index (χ0) is 13.0. The van der Waals surface area contributed by atoms with E-state index < -0.39 is 5.24 Å². The van der Waals surface area contributed by atoms with Gasteiger partial charge in [-0.1, -0.05) is 28.1 Å². The maximum absolute atomic E-state index is 10.9. The third kappa shape index (κ3) is 3.59. The highest BCUT2D eigenvalue weighted by atomic mass is 79.9. The number of halogens is 2. The second-order valence-electron chi connectivity index (χ2n) is 3.72. The average molecular weight is 326 g/mol. The molecule has 0 fully saturated rings. The van der Waals surface area contributed by atoms with Crippen LogP contribution in [0.5, 0.6) is 5.75 Å². The first-order valence-electron chi connectivity index (χ1n) is 5.32. The van der Waals surface area contributed by atoms with Crippen LogP contribution in [0.4, 0.5) is 0 Å². The molecule has 0 aliphatic heterocycles. The molecule has 0 heterocycles. The molecule has 18 heavy (non-hydrogen) atoms. The number of carbonyl (C=O) groups excluding carboxylic acids is 1. The molecule has 0 saturated carbocycles. The van der Waals surface area contributed by atoms with E-state index in [1.807, 2.05) is 24.3 Å². The summed E-state index contributed by atoms with van der Waals surface area (Å²) in [4.78, 5) is 10.9. The van der Waals surface area contributed by atoms with Gasteiger partial charge in [0.25, 0.3) is 5.24 Å². The van der Waals surface area contributed by atoms with Crippen LogP contribution in [-0.4, -0.2) is 5.24 Å². The van der Waals surface area contributed by atoms with Gasteiger partial charge in [-0.3, -0.25) is 4.79 Å². The summed E-state index contributed by atoms with van der Waals surface area (Å²) in [5.41, 5.74) is 1.54. The fraction of sp³-hybridized carbons (Fsp3) is 0.0714. The van der Waals surface area contributed by atoms with Gasteiger partial charge < -0.3 is 4.74 Å². The molecule has 0 radical (unpaired) electrons. The van der Waals surface area contributed by atoms with Crippen molar-refractivity contribution in [1.82, 2.24) is 0 Å².